The fourth-order valence-electron chi connectivity index (χ4n) is 2.92. The van der Waals surface area contributed by atoms with E-state index < -0.39 is 11.5 Å². The van der Waals surface area contributed by atoms with Crippen molar-refractivity contribution in [3.8, 4) is 5.75 Å². The lowest BCUT2D eigenvalue weighted by atomic mass is 9.87. The van der Waals surface area contributed by atoms with Gasteiger partial charge in [-0.1, -0.05) is 31.2 Å². The molecule has 2 N–H and O–H groups in total. The number of nitrogens with one attached hydrogen (secondary N) is 1. The normalized spacial score (nSPS) is 18.9. The van der Waals surface area contributed by atoms with Gasteiger partial charge in [-0.15, -0.1) is 0 Å². The van der Waals surface area contributed by atoms with E-state index in [1.807, 2.05) is 13.0 Å². The molecule has 24 heavy (non-hydrogen) atoms. The molecule has 0 saturated carbocycles. The molecule has 5 nitrogen and oxygen atoms in total. The lowest BCUT2D eigenvalue weighted by molar-refractivity contribution is -0.133. The zero-order valence-electron chi connectivity index (χ0n) is 13.6. The van der Waals surface area contributed by atoms with Gasteiger partial charge in [-0.2, -0.15) is 0 Å². The number of anilines is 1. The van der Waals surface area contributed by atoms with Gasteiger partial charge in [0.2, 0.25) is 0 Å². The highest BCUT2D eigenvalue weighted by molar-refractivity contribution is 6.09. The Morgan fingerprint density at radius 2 is 2.04 bits per heavy atom. The van der Waals surface area contributed by atoms with Crippen LogP contribution in [0.2, 0.25) is 0 Å². The van der Waals surface area contributed by atoms with Crippen LogP contribution in [0.5, 0.6) is 5.75 Å². The molecule has 0 spiro atoms. The number of rotatable bonds is 5. The number of aliphatic hydroxyl groups is 1. The summed E-state index contributed by atoms with van der Waals surface area (Å²) in [6.07, 6.45) is 0.466. The van der Waals surface area contributed by atoms with Crippen molar-refractivity contribution < 1.29 is 19.4 Å². The van der Waals surface area contributed by atoms with Gasteiger partial charge in [-0.3, -0.25) is 9.59 Å². The first kappa shape index (κ1) is 16.2. The Bertz CT molecular complexity index is 815. The van der Waals surface area contributed by atoms with E-state index in [1.54, 1.807) is 36.4 Å². The quantitative estimate of drug-likeness (QED) is 0.829. The van der Waals surface area contributed by atoms with Crippen molar-refractivity contribution in [2.24, 2.45) is 0 Å². The van der Waals surface area contributed by atoms with Crippen LogP contribution in [-0.4, -0.2) is 23.9 Å². The number of benzene rings is 2. The number of ketones is 1. The van der Waals surface area contributed by atoms with Gasteiger partial charge in [0.1, 0.15) is 5.75 Å². The summed E-state index contributed by atoms with van der Waals surface area (Å²) in [7, 11) is 1.52. The minimum absolute atomic E-state index is 0.313. The summed E-state index contributed by atoms with van der Waals surface area (Å²) < 4.78 is 5.11. The first-order valence-electron chi connectivity index (χ1n) is 7.82. The summed E-state index contributed by atoms with van der Waals surface area (Å²) in [6.45, 7) is 1.99. The minimum Gasteiger partial charge on any atom is -0.497 e. The average Bonchev–Trinajstić information content (AvgIpc) is 2.85. The van der Waals surface area contributed by atoms with Gasteiger partial charge in [-0.05, 0) is 30.2 Å². The molecule has 2 aromatic carbocycles. The van der Waals surface area contributed by atoms with Crippen molar-refractivity contribution in [2.45, 2.75) is 25.4 Å². The molecule has 1 heterocycles. The zero-order chi connectivity index (χ0) is 17.3. The second-order valence-electron chi connectivity index (χ2n) is 5.88. The van der Waals surface area contributed by atoms with E-state index in [0.717, 1.165) is 12.0 Å². The van der Waals surface area contributed by atoms with Crippen molar-refractivity contribution in [3.05, 3.63) is 59.2 Å². The van der Waals surface area contributed by atoms with Gasteiger partial charge in [0.05, 0.1) is 13.5 Å². The summed E-state index contributed by atoms with van der Waals surface area (Å²) >= 11 is 0. The maximum atomic E-state index is 12.6. The number of ether oxygens (including phenoxy) is 1. The Balaban J connectivity index is 1.94. The van der Waals surface area contributed by atoms with Crippen molar-refractivity contribution in [2.75, 3.05) is 12.4 Å². The van der Waals surface area contributed by atoms with E-state index in [9.17, 15) is 14.7 Å². The van der Waals surface area contributed by atoms with E-state index >= 15 is 0 Å². The largest absolute Gasteiger partial charge is 0.497 e. The Hall–Kier alpha value is -2.66. The third-order valence-electron chi connectivity index (χ3n) is 4.37. The van der Waals surface area contributed by atoms with Gasteiger partial charge in [-0.25, -0.2) is 0 Å². The summed E-state index contributed by atoms with van der Waals surface area (Å²) in [5, 5.41) is 13.6. The predicted octanol–water partition coefficient (Wildman–Crippen LogP) is 2.67. The molecule has 1 unspecified atom stereocenters. The topological polar surface area (TPSA) is 75.6 Å². The van der Waals surface area contributed by atoms with Crippen molar-refractivity contribution in [1.29, 1.82) is 0 Å². The first-order chi connectivity index (χ1) is 11.5. The molecule has 2 aromatic rings. The van der Waals surface area contributed by atoms with Crippen LogP contribution in [0.4, 0.5) is 5.69 Å². The molecule has 1 atom stereocenters. The molecule has 124 valence electrons. The monoisotopic (exact) mass is 325 g/mol. The number of Topliss-reactive ketones (excluding diaryl/α,β-unsaturated/α-hetero) is 1. The number of aryl methyl sites for hydroxylation is 1. The van der Waals surface area contributed by atoms with Crippen molar-refractivity contribution >= 4 is 17.4 Å². The Labute approximate surface area is 140 Å². The molecule has 1 amide bonds. The van der Waals surface area contributed by atoms with Crippen LogP contribution in [0.25, 0.3) is 0 Å². The van der Waals surface area contributed by atoms with Crippen LogP contribution in [0.3, 0.4) is 0 Å². The molecule has 0 fully saturated rings. The molecule has 1 aliphatic rings. The van der Waals surface area contributed by atoms with Crippen LogP contribution in [0.1, 0.15) is 34.8 Å². The summed E-state index contributed by atoms with van der Waals surface area (Å²) in [4.78, 5) is 24.9. The van der Waals surface area contributed by atoms with Gasteiger partial charge < -0.3 is 15.2 Å². The average molecular weight is 325 g/mol. The predicted molar refractivity (Wildman–Crippen MR) is 90.3 cm³/mol. The van der Waals surface area contributed by atoms with E-state index in [4.69, 9.17) is 4.74 Å². The first-order valence-corrected chi connectivity index (χ1v) is 7.82. The Morgan fingerprint density at radius 3 is 2.75 bits per heavy atom. The number of amides is 1. The second-order valence-corrected chi connectivity index (χ2v) is 5.88. The molecule has 0 aliphatic carbocycles. The number of fused-ring (bicyclic) bond motifs is 1. The highest BCUT2D eigenvalue weighted by Gasteiger charge is 2.46. The van der Waals surface area contributed by atoms with Crippen LogP contribution in [-0.2, 0) is 16.8 Å². The lowest BCUT2D eigenvalue weighted by Crippen LogP contribution is -2.36. The van der Waals surface area contributed by atoms with E-state index in [-0.39, 0.29) is 12.2 Å². The fourth-order valence-corrected chi connectivity index (χ4v) is 2.92. The molecule has 0 radical (unpaired) electrons. The molecular formula is C19H19NO4. The van der Waals surface area contributed by atoms with Crippen molar-refractivity contribution in [1.82, 2.24) is 0 Å². The number of hydrogen-bond donors (Lipinski definition) is 2. The number of methoxy groups -OCH3 is 1. The molecule has 3 rings (SSSR count). The lowest BCUT2D eigenvalue weighted by Gasteiger charge is -2.20. The second kappa shape index (κ2) is 6.09. The van der Waals surface area contributed by atoms with Gasteiger partial charge in [0.25, 0.3) is 5.91 Å². The fraction of sp³-hybridized carbons (Fsp3) is 0.263. The van der Waals surface area contributed by atoms with Crippen LogP contribution < -0.4 is 10.1 Å². The standard InChI is InChI=1S/C19H19NO4/c1-3-12-7-8-16-15(9-12)19(23,18(22)20-16)11-17(21)13-5-4-6-14(10-13)24-2/h4-10,23H,3,11H2,1-2H3,(H,20,22). The minimum atomic E-state index is -1.85. The summed E-state index contributed by atoms with van der Waals surface area (Å²) in [6, 6.07) is 12.1. The van der Waals surface area contributed by atoms with Gasteiger partial charge in [0, 0.05) is 16.8 Å². The van der Waals surface area contributed by atoms with Crippen LogP contribution in [0, 0.1) is 0 Å². The van der Waals surface area contributed by atoms with Gasteiger partial charge in [0.15, 0.2) is 11.4 Å². The molecule has 5 heteroatoms. The number of carbonyl (C=O) groups is 2. The third kappa shape index (κ3) is 2.67. The maximum absolute atomic E-state index is 12.6. The van der Waals surface area contributed by atoms with Crippen LogP contribution in [0.15, 0.2) is 42.5 Å². The molecule has 0 aromatic heterocycles. The van der Waals surface area contributed by atoms with E-state index in [2.05, 4.69) is 5.32 Å². The van der Waals surface area contributed by atoms with Gasteiger partial charge >= 0.3 is 0 Å². The van der Waals surface area contributed by atoms with E-state index in [1.165, 1.54) is 7.11 Å². The molecular weight excluding hydrogens is 306 g/mol. The molecule has 0 saturated heterocycles. The third-order valence-corrected chi connectivity index (χ3v) is 4.37. The number of carbonyl (C=O) groups excluding carboxylic acids is 2. The molecule has 1 aliphatic heterocycles. The Morgan fingerprint density at radius 1 is 1.25 bits per heavy atom. The zero-order valence-corrected chi connectivity index (χ0v) is 13.6. The SMILES string of the molecule is CCc1ccc2c(c1)C(O)(CC(=O)c1cccc(OC)c1)C(=O)N2. The highest BCUT2D eigenvalue weighted by Crippen LogP contribution is 2.39. The maximum Gasteiger partial charge on any atom is 0.261 e. The molecule has 0 bridgehead atoms. The van der Waals surface area contributed by atoms with Crippen molar-refractivity contribution in [3.63, 3.8) is 0 Å². The summed E-state index contributed by atoms with van der Waals surface area (Å²) in [5.74, 6) is -0.333. The highest BCUT2D eigenvalue weighted by atomic mass is 16.5. The van der Waals surface area contributed by atoms with Crippen LogP contribution >= 0.6 is 0 Å². The number of hydrogen-bond acceptors (Lipinski definition) is 4. The smallest absolute Gasteiger partial charge is 0.261 e. The summed E-state index contributed by atoms with van der Waals surface area (Å²) in [5.41, 5.74) is 0.565. The van der Waals surface area contributed by atoms with E-state index in [0.29, 0.717) is 22.6 Å². The Kier molecular flexibility index (Phi) is 4.11.